The van der Waals surface area contributed by atoms with Gasteiger partial charge in [-0.2, -0.15) is 0 Å². The van der Waals surface area contributed by atoms with Gasteiger partial charge in [-0.05, 0) is 47.9 Å². The van der Waals surface area contributed by atoms with Crippen molar-refractivity contribution in [1.29, 1.82) is 0 Å². The summed E-state index contributed by atoms with van der Waals surface area (Å²) in [6.07, 6.45) is 2.82. The van der Waals surface area contributed by atoms with E-state index in [0.717, 1.165) is 25.2 Å². The van der Waals surface area contributed by atoms with Gasteiger partial charge in [0.2, 0.25) is 0 Å². The highest BCUT2D eigenvalue weighted by Gasteiger charge is 2.34. The van der Waals surface area contributed by atoms with Crippen LogP contribution in [0, 0.1) is 5.82 Å². The van der Waals surface area contributed by atoms with Crippen LogP contribution >= 0.6 is 15.9 Å². The molecule has 0 bridgehead atoms. The lowest BCUT2D eigenvalue weighted by molar-refractivity contribution is 0.0499. The first-order valence-corrected chi connectivity index (χ1v) is 11.0. The minimum absolute atomic E-state index is 0.0890. The number of piperidine rings is 1. The number of benzene rings is 1. The molecule has 1 amide bonds. The Morgan fingerprint density at radius 1 is 1.28 bits per heavy atom. The Morgan fingerprint density at radius 3 is 2.83 bits per heavy atom. The van der Waals surface area contributed by atoms with E-state index in [4.69, 9.17) is 9.47 Å². The third-order valence-electron chi connectivity index (χ3n) is 5.99. The molecule has 4 rings (SSSR count). The predicted octanol–water partition coefficient (Wildman–Crippen LogP) is 3.01. The fourth-order valence-corrected chi connectivity index (χ4v) is 4.72. The second-order valence-corrected chi connectivity index (χ2v) is 8.70. The van der Waals surface area contributed by atoms with E-state index >= 15 is 4.39 Å². The molecular weight excluding hydrogens is 445 g/mol. The minimum Gasteiger partial charge on any atom is -0.491 e. The summed E-state index contributed by atoms with van der Waals surface area (Å²) >= 11 is 3.32. The van der Waals surface area contributed by atoms with Crippen molar-refractivity contribution in [3.63, 3.8) is 0 Å². The third kappa shape index (κ3) is 4.62. The van der Waals surface area contributed by atoms with E-state index < -0.39 is 11.9 Å². The summed E-state index contributed by atoms with van der Waals surface area (Å²) in [5, 5.41) is 9.25. The molecule has 160 valence electrons. The molecular formula is C20H27BrFN3O4. The molecule has 0 saturated carbocycles. The highest BCUT2D eigenvalue weighted by atomic mass is 79.9. The highest BCUT2D eigenvalue weighted by Crippen LogP contribution is 2.39. The van der Waals surface area contributed by atoms with E-state index in [0.29, 0.717) is 38.5 Å². The van der Waals surface area contributed by atoms with E-state index in [2.05, 4.69) is 25.7 Å². The van der Waals surface area contributed by atoms with E-state index in [1.165, 1.54) is 24.2 Å². The Balaban J connectivity index is 1.45. The molecule has 0 radical (unpaired) electrons. The molecule has 1 atom stereocenters. The Hall–Kier alpha value is -1.58. The van der Waals surface area contributed by atoms with Crippen LogP contribution in [0.2, 0.25) is 0 Å². The summed E-state index contributed by atoms with van der Waals surface area (Å²) in [6, 6.07) is 1.76. The maximum atomic E-state index is 15.0. The molecule has 3 heterocycles. The zero-order valence-corrected chi connectivity index (χ0v) is 18.0. The van der Waals surface area contributed by atoms with Crippen molar-refractivity contribution in [2.45, 2.75) is 31.8 Å². The lowest BCUT2D eigenvalue weighted by Gasteiger charge is -2.38. The van der Waals surface area contributed by atoms with Gasteiger partial charge < -0.3 is 19.5 Å². The van der Waals surface area contributed by atoms with Gasteiger partial charge in [-0.25, -0.2) is 9.18 Å². The average Bonchev–Trinajstić information content (AvgIpc) is 2.91. The van der Waals surface area contributed by atoms with Crippen molar-refractivity contribution in [1.82, 2.24) is 14.7 Å². The SMILES string of the molecule is O=C(O)N1CCN2Cc3cc(OCCN4CCCCC4)c(Br)c(F)c3OC[C@H]2C1. The largest absolute Gasteiger partial charge is 0.491 e. The van der Waals surface area contributed by atoms with E-state index in [9.17, 15) is 9.90 Å². The van der Waals surface area contributed by atoms with Gasteiger partial charge in [-0.15, -0.1) is 0 Å². The number of fused-ring (bicyclic) bond motifs is 2. The normalized spacial score (nSPS) is 23.0. The number of carboxylic acid groups (broad SMARTS) is 1. The zero-order chi connectivity index (χ0) is 20.4. The van der Waals surface area contributed by atoms with Crippen LogP contribution in [0.15, 0.2) is 10.5 Å². The fraction of sp³-hybridized carbons (Fsp3) is 0.650. The molecule has 3 aliphatic rings. The van der Waals surface area contributed by atoms with Crippen LogP contribution in [-0.4, -0.2) is 84.4 Å². The summed E-state index contributed by atoms with van der Waals surface area (Å²) in [6.45, 7) is 5.72. The number of hydrogen-bond acceptors (Lipinski definition) is 5. The number of rotatable bonds is 4. The maximum absolute atomic E-state index is 15.0. The molecule has 0 aromatic heterocycles. The predicted molar refractivity (Wildman–Crippen MR) is 109 cm³/mol. The number of likely N-dealkylation sites (tertiary alicyclic amines) is 1. The topological polar surface area (TPSA) is 65.5 Å². The summed E-state index contributed by atoms with van der Waals surface area (Å²) in [4.78, 5) is 17.2. The van der Waals surface area contributed by atoms with E-state index in [1.54, 1.807) is 0 Å². The second kappa shape index (κ2) is 9.06. The van der Waals surface area contributed by atoms with Crippen LogP contribution in [0.5, 0.6) is 11.5 Å². The van der Waals surface area contributed by atoms with Crippen LogP contribution in [0.1, 0.15) is 24.8 Å². The summed E-state index contributed by atoms with van der Waals surface area (Å²) in [5.74, 6) is 0.270. The van der Waals surface area contributed by atoms with Crippen molar-refractivity contribution in [3.8, 4) is 11.5 Å². The third-order valence-corrected chi connectivity index (χ3v) is 6.73. The Kier molecular flexibility index (Phi) is 6.46. The summed E-state index contributed by atoms with van der Waals surface area (Å²) in [7, 11) is 0. The molecule has 2 saturated heterocycles. The van der Waals surface area contributed by atoms with Gasteiger partial charge in [0.15, 0.2) is 11.6 Å². The summed E-state index contributed by atoms with van der Waals surface area (Å²) in [5.41, 5.74) is 0.741. The van der Waals surface area contributed by atoms with Crippen molar-refractivity contribution in [3.05, 3.63) is 21.9 Å². The average molecular weight is 472 g/mol. The van der Waals surface area contributed by atoms with Crippen LogP contribution in [0.25, 0.3) is 0 Å². The van der Waals surface area contributed by atoms with Crippen LogP contribution in [-0.2, 0) is 6.54 Å². The van der Waals surface area contributed by atoms with Crippen molar-refractivity contribution < 1.29 is 23.8 Å². The number of nitrogens with zero attached hydrogens (tertiary/aromatic N) is 3. The maximum Gasteiger partial charge on any atom is 0.407 e. The Bertz CT molecular complexity index is 760. The first-order chi connectivity index (χ1) is 14.0. The molecule has 9 heteroatoms. The summed E-state index contributed by atoms with van der Waals surface area (Å²) < 4.78 is 27.0. The molecule has 7 nitrogen and oxygen atoms in total. The molecule has 0 unspecified atom stereocenters. The van der Waals surface area contributed by atoms with Crippen molar-refractivity contribution >= 4 is 22.0 Å². The fourth-order valence-electron chi connectivity index (χ4n) is 4.31. The Labute approximate surface area is 178 Å². The van der Waals surface area contributed by atoms with Gasteiger partial charge in [0.25, 0.3) is 0 Å². The molecule has 0 aliphatic carbocycles. The quantitative estimate of drug-likeness (QED) is 0.727. The van der Waals surface area contributed by atoms with Crippen molar-refractivity contribution in [2.75, 3.05) is 52.5 Å². The van der Waals surface area contributed by atoms with E-state index in [-0.39, 0.29) is 22.9 Å². The molecule has 1 aromatic carbocycles. The number of amides is 1. The van der Waals surface area contributed by atoms with Gasteiger partial charge in [0.1, 0.15) is 19.0 Å². The molecule has 1 N–H and O–H groups in total. The Morgan fingerprint density at radius 2 is 2.07 bits per heavy atom. The number of ether oxygens (including phenoxy) is 2. The minimum atomic E-state index is -0.926. The molecule has 2 fully saturated rings. The van der Waals surface area contributed by atoms with Crippen LogP contribution < -0.4 is 9.47 Å². The molecule has 3 aliphatic heterocycles. The van der Waals surface area contributed by atoms with E-state index in [1.807, 2.05) is 6.07 Å². The first kappa shape index (κ1) is 20.7. The van der Waals surface area contributed by atoms with Gasteiger partial charge in [-0.1, -0.05) is 6.42 Å². The number of halogens is 2. The highest BCUT2D eigenvalue weighted by molar-refractivity contribution is 9.10. The van der Waals surface area contributed by atoms with Crippen LogP contribution in [0.4, 0.5) is 9.18 Å². The smallest absolute Gasteiger partial charge is 0.407 e. The number of carbonyl (C=O) groups is 1. The molecule has 0 spiro atoms. The molecule has 1 aromatic rings. The van der Waals surface area contributed by atoms with Gasteiger partial charge in [0.05, 0.1) is 10.5 Å². The van der Waals surface area contributed by atoms with Gasteiger partial charge in [-0.3, -0.25) is 9.80 Å². The monoisotopic (exact) mass is 471 g/mol. The van der Waals surface area contributed by atoms with Crippen LogP contribution in [0.3, 0.4) is 0 Å². The lowest BCUT2D eigenvalue weighted by atomic mass is 10.1. The molecule has 29 heavy (non-hydrogen) atoms. The second-order valence-electron chi connectivity index (χ2n) is 7.91. The van der Waals surface area contributed by atoms with Crippen molar-refractivity contribution in [2.24, 2.45) is 0 Å². The zero-order valence-electron chi connectivity index (χ0n) is 16.4. The number of piperazine rings is 1. The lowest BCUT2D eigenvalue weighted by Crippen LogP contribution is -2.55. The first-order valence-electron chi connectivity index (χ1n) is 10.2. The number of hydrogen-bond donors (Lipinski definition) is 1. The standard InChI is InChI=1S/C20H27BrFN3O4/c21-17-16(28-9-8-23-4-2-1-3-5-23)10-14-11-24-6-7-25(20(26)27)12-15(24)13-29-19(14)18(17)22/h10,15H,1-9,11-13H2,(H,26,27)/t15-/m1/s1. The van der Waals surface area contributed by atoms with Gasteiger partial charge in [0, 0.05) is 38.3 Å². The van der Waals surface area contributed by atoms with Gasteiger partial charge >= 0.3 is 6.09 Å².